The first-order valence-corrected chi connectivity index (χ1v) is 11.5. The molecule has 4 aromatic rings. The Labute approximate surface area is 175 Å². The van der Waals surface area contributed by atoms with E-state index in [1.807, 2.05) is 30.3 Å². The van der Waals surface area contributed by atoms with E-state index in [0.29, 0.717) is 24.4 Å². The molecule has 1 aliphatic heterocycles. The fourth-order valence-electron chi connectivity index (χ4n) is 4.06. The molecule has 1 aliphatic rings. The Kier molecular flexibility index (Phi) is 4.67. The molecule has 0 saturated carbocycles. The molecule has 154 valence electrons. The maximum absolute atomic E-state index is 13.2. The number of fused-ring (bicyclic) bond motifs is 1. The van der Waals surface area contributed by atoms with Crippen molar-refractivity contribution >= 4 is 21.2 Å². The summed E-state index contributed by atoms with van der Waals surface area (Å²) in [7, 11) is -3.55. The monoisotopic (exact) mass is 422 g/mol. The Hall–Kier alpha value is -2.97. The predicted octanol–water partition coefficient (Wildman–Crippen LogP) is 3.89. The number of furan rings is 1. The van der Waals surface area contributed by atoms with Gasteiger partial charge >= 0.3 is 0 Å². The smallest absolute Gasteiger partial charge is 0.243 e. The molecule has 0 amide bonds. The van der Waals surface area contributed by atoms with Gasteiger partial charge in [-0.25, -0.2) is 18.4 Å². The molecule has 0 spiro atoms. The Morgan fingerprint density at radius 1 is 1.17 bits per heavy atom. The highest BCUT2D eigenvalue weighted by Crippen LogP contribution is 2.34. The van der Waals surface area contributed by atoms with Crippen molar-refractivity contribution in [1.29, 1.82) is 0 Å². The number of rotatable bonds is 5. The lowest BCUT2D eigenvalue weighted by atomic mass is 10.2. The SMILES string of the molecule is CCc1ccc(S(=O)(=O)N2CC[C@H](n3c(-c4ccoc4)nc4cccnc43)C2)cc1. The van der Waals surface area contributed by atoms with Gasteiger partial charge in [0.05, 0.1) is 22.8 Å². The van der Waals surface area contributed by atoms with Crippen LogP contribution in [0.25, 0.3) is 22.6 Å². The highest BCUT2D eigenvalue weighted by molar-refractivity contribution is 7.89. The number of sulfonamides is 1. The third-order valence-corrected chi connectivity index (χ3v) is 7.57. The summed E-state index contributed by atoms with van der Waals surface area (Å²) in [6.07, 6.45) is 6.56. The van der Waals surface area contributed by atoms with E-state index in [-0.39, 0.29) is 6.04 Å². The number of pyridine rings is 1. The van der Waals surface area contributed by atoms with Gasteiger partial charge in [0, 0.05) is 19.3 Å². The normalized spacial score (nSPS) is 17.7. The Morgan fingerprint density at radius 3 is 2.73 bits per heavy atom. The Balaban J connectivity index is 1.50. The Morgan fingerprint density at radius 2 is 2.00 bits per heavy atom. The van der Waals surface area contributed by atoms with E-state index in [9.17, 15) is 8.42 Å². The number of benzene rings is 1. The summed E-state index contributed by atoms with van der Waals surface area (Å²) in [6.45, 7) is 2.89. The fourth-order valence-corrected chi connectivity index (χ4v) is 5.55. The van der Waals surface area contributed by atoms with Crippen LogP contribution in [0.15, 0.2) is 70.5 Å². The van der Waals surface area contributed by atoms with Crippen molar-refractivity contribution in [2.45, 2.75) is 30.7 Å². The molecule has 5 rings (SSSR count). The van der Waals surface area contributed by atoms with Gasteiger partial charge in [0.2, 0.25) is 10.0 Å². The van der Waals surface area contributed by atoms with Gasteiger partial charge in [0.15, 0.2) is 5.65 Å². The van der Waals surface area contributed by atoms with E-state index < -0.39 is 10.0 Å². The van der Waals surface area contributed by atoms with Crippen molar-refractivity contribution in [3.63, 3.8) is 0 Å². The van der Waals surface area contributed by atoms with Gasteiger partial charge in [-0.15, -0.1) is 0 Å². The number of nitrogens with zero attached hydrogens (tertiary/aromatic N) is 4. The molecular formula is C22H22N4O3S. The molecule has 0 N–H and O–H groups in total. The number of hydrogen-bond acceptors (Lipinski definition) is 5. The van der Waals surface area contributed by atoms with Gasteiger partial charge in [0.25, 0.3) is 0 Å². The fraction of sp³-hybridized carbons (Fsp3) is 0.273. The summed E-state index contributed by atoms with van der Waals surface area (Å²) in [5.41, 5.74) is 3.51. The van der Waals surface area contributed by atoms with Crippen LogP contribution in [-0.2, 0) is 16.4 Å². The molecule has 1 fully saturated rings. The van der Waals surface area contributed by atoms with Crippen LogP contribution in [0.1, 0.15) is 24.9 Å². The van der Waals surface area contributed by atoms with Crippen molar-refractivity contribution in [2.75, 3.05) is 13.1 Å². The summed E-state index contributed by atoms with van der Waals surface area (Å²) in [6, 6.07) is 12.7. The number of aryl methyl sites for hydroxylation is 1. The van der Waals surface area contributed by atoms with Crippen LogP contribution in [-0.4, -0.2) is 40.3 Å². The van der Waals surface area contributed by atoms with Gasteiger partial charge in [-0.2, -0.15) is 4.31 Å². The van der Waals surface area contributed by atoms with E-state index in [0.717, 1.165) is 34.5 Å². The molecular weight excluding hydrogens is 400 g/mol. The van der Waals surface area contributed by atoms with Crippen LogP contribution in [0.2, 0.25) is 0 Å². The summed E-state index contributed by atoms with van der Waals surface area (Å²) in [5.74, 6) is 0.744. The van der Waals surface area contributed by atoms with Crippen LogP contribution in [0.3, 0.4) is 0 Å². The molecule has 0 bridgehead atoms. The van der Waals surface area contributed by atoms with Gasteiger partial charge in [0.1, 0.15) is 17.6 Å². The van der Waals surface area contributed by atoms with Crippen LogP contribution in [0.5, 0.6) is 0 Å². The zero-order valence-corrected chi connectivity index (χ0v) is 17.4. The lowest BCUT2D eigenvalue weighted by molar-refractivity contribution is 0.455. The van der Waals surface area contributed by atoms with Crippen LogP contribution >= 0.6 is 0 Å². The summed E-state index contributed by atoms with van der Waals surface area (Å²) < 4.78 is 35.3. The molecule has 7 nitrogen and oxygen atoms in total. The number of imidazole rings is 1. The van der Waals surface area contributed by atoms with Crippen LogP contribution < -0.4 is 0 Å². The first-order chi connectivity index (χ1) is 14.6. The molecule has 1 saturated heterocycles. The standard InChI is InChI=1S/C22H22N4O3S/c1-2-16-5-7-19(8-6-16)30(27,28)25-12-9-18(14-25)26-21(17-10-13-29-15-17)24-20-4-3-11-23-22(20)26/h3-8,10-11,13,15,18H,2,9,12,14H2,1H3/t18-/m0/s1. The predicted molar refractivity (Wildman–Crippen MR) is 113 cm³/mol. The molecule has 4 heterocycles. The summed E-state index contributed by atoms with van der Waals surface area (Å²) in [5, 5.41) is 0. The van der Waals surface area contributed by atoms with Crippen molar-refractivity contribution in [3.8, 4) is 11.4 Å². The lowest BCUT2D eigenvalue weighted by Crippen LogP contribution is -2.29. The van der Waals surface area contributed by atoms with Crippen molar-refractivity contribution < 1.29 is 12.8 Å². The minimum Gasteiger partial charge on any atom is -0.472 e. The minimum atomic E-state index is -3.55. The number of aromatic nitrogens is 3. The van der Waals surface area contributed by atoms with Gasteiger partial charge in [-0.3, -0.25) is 0 Å². The van der Waals surface area contributed by atoms with E-state index in [1.54, 1.807) is 35.2 Å². The molecule has 1 atom stereocenters. The molecule has 0 radical (unpaired) electrons. The average Bonchev–Trinajstić information content (AvgIpc) is 3.52. The van der Waals surface area contributed by atoms with E-state index in [1.165, 1.54) is 0 Å². The lowest BCUT2D eigenvalue weighted by Gasteiger charge is -2.18. The first-order valence-electron chi connectivity index (χ1n) is 10.0. The van der Waals surface area contributed by atoms with E-state index in [2.05, 4.69) is 16.5 Å². The Bertz CT molecular complexity index is 1280. The van der Waals surface area contributed by atoms with E-state index in [4.69, 9.17) is 9.40 Å². The first kappa shape index (κ1) is 19.0. The summed E-state index contributed by atoms with van der Waals surface area (Å²) >= 11 is 0. The topological polar surface area (TPSA) is 81.2 Å². The maximum Gasteiger partial charge on any atom is 0.243 e. The molecule has 30 heavy (non-hydrogen) atoms. The van der Waals surface area contributed by atoms with Gasteiger partial charge in [-0.1, -0.05) is 19.1 Å². The zero-order valence-electron chi connectivity index (χ0n) is 16.6. The number of hydrogen-bond donors (Lipinski definition) is 0. The van der Waals surface area contributed by atoms with Crippen molar-refractivity contribution in [3.05, 3.63) is 66.8 Å². The van der Waals surface area contributed by atoms with Crippen LogP contribution in [0, 0.1) is 0 Å². The highest BCUT2D eigenvalue weighted by Gasteiger charge is 2.35. The summed E-state index contributed by atoms with van der Waals surface area (Å²) in [4.78, 5) is 9.60. The van der Waals surface area contributed by atoms with Crippen molar-refractivity contribution in [1.82, 2.24) is 18.8 Å². The quantitative estimate of drug-likeness (QED) is 0.487. The molecule has 0 aliphatic carbocycles. The molecule has 8 heteroatoms. The third kappa shape index (κ3) is 3.12. The largest absolute Gasteiger partial charge is 0.472 e. The van der Waals surface area contributed by atoms with Gasteiger partial charge in [-0.05, 0) is 48.7 Å². The second-order valence-electron chi connectivity index (χ2n) is 7.47. The molecule has 1 aromatic carbocycles. The third-order valence-electron chi connectivity index (χ3n) is 5.69. The second kappa shape index (κ2) is 7.37. The second-order valence-corrected chi connectivity index (χ2v) is 9.40. The zero-order chi connectivity index (χ0) is 20.7. The highest BCUT2D eigenvalue weighted by atomic mass is 32.2. The van der Waals surface area contributed by atoms with Crippen molar-refractivity contribution in [2.24, 2.45) is 0 Å². The molecule has 0 unspecified atom stereocenters. The molecule has 3 aromatic heterocycles. The maximum atomic E-state index is 13.2. The minimum absolute atomic E-state index is 0.0560. The van der Waals surface area contributed by atoms with Crippen LogP contribution in [0.4, 0.5) is 0 Å². The van der Waals surface area contributed by atoms with Gasteiger partial charge < -0.3 is 8.98 Å². The van der Waals surface area contributed by atoms with E-state index >= 15 is 0 Å². The average molecular weight is 423 g/mol.